The fourth-order valence-corrected chi connectivity index (χ4v) is 3.98. The largest absolute Gasteiger partial charge is 0.668 e. The number of rotatable bonds is 8. The van der Waals surface area contributed by atoms with Crippen molar-refractivity contribution in [2.45, 2.75) is 20.8 Å². The molecule has 0 radical (unpaired) electrons. The molecule has 6 heteroatoms. The lowest BCUT2D eigenvalue weighted by atomic mass is 10.8. The molecule has 0 bridgehead atoms. The van der Waals surface area contributed by atoms with Crippen LogP contribution in [0.4, 0.5) is 0 Å². The van der Waals surface area contributed by atoms with Crippen molar-refractivity contribution >= 4 is 30.7 Å². The van der Waals surface area contributed by atoms with Crippen molar-refractivity contribution in [3.63, 3.8) is 0 Å². The maximum atomic E-state index is 5.71. The zero-order chi connectivity index (χ0) is 9.23. The molecule has 0 saturated carbocycles. The highest BCUT2D eigenvalue weighted by Crippen LogP contribution is 1.73. The first-order valence-corrected chi connectivity index (χ1v) is 7.55. The molecule has 0 rings (SSSR count). The summed E-state index contributed by atoms with van der Waals surface area (Å²) in [7, 11) is 0. The Balaban J connectivity index is 3.34. The Morgan fingerprint density at radius 3 is 2.08 bits per heavy atom. The Labute approximate surface area is 86.9 Å². The van der Waals surface area contributed by atoms with E-state index in [9.17, 15) is 0 Å². The topological polar surface area (TPSA) is 45.3 Å². The fraction of sp³-hybridized carbons (Fsp3) is 1.00. The molecule has 3 N–H and O–H groups in total. The molecular weight excluding hydrogens is 184 g/mol. The summed E-state index contributed by atoms with van der Waals surface area (Å²) in [6.07, 6.45) is 0. The Morgan fingerprint density at radius 1 is 1.08 bits per heavy atom. The van der Waals surface area contributed by atoms with Gasteiger partial charge in [-0.15, -0.1) is 0 Å². The maximum Gasteiger partial charge on any atom is 0.668 e. The molecule has 0 fully saturated rings. The molecule has 0 saturated heterocycles. The zero-order valence-electron chi connectivity index (χ0n) is 8.31. The van der Waals surface area contributed by atoms with Gasteiger partial charge in [0.2, 0.25) is 0 Å². The highest BCUT2D eigenvalue weighted by atomic mass is 27.3. The van der Waals surface area contributed by atoms with E-state index in [0.717, 1.165) is 19.6 Å². The normalized spacial score (nSPS) is 9.92. The van der Waals surface area contributed by atoms with Crippen LogP contribution in [0, 0.1) is 0 Å². The average Bonchev–Trinajstić information content (AvgIpc) is 2.06. The van der Waals surface area contributed by atoms with Gasteiger partial charge in [0.15, 0.2) is 0 Å². The summed E-state index contributed by atoms with van der Waals surface area (Å²) in [5.41, 5.74) is 0. The number of nitrogens with one attached hydrogen (secondary N) is 3. The predicted molar refractivity (Wildman–Crippen MR) is 55.0 cm³/mol. The van der Waals surface area contributed by atoms with E-state index < -0.39 is 30.7 Å². The van der Waals surface area contributed by atoms with Crippen LogP contribution < -0.4 is 12.9 Å². The highest BCUT2D eigenvalue weighted by molar-refractivity contribution is 6.53. The van der Waals surface area contributed by atoms with Crippen LogP contribution in [0.25, 0.3) is 0 Å². The van der Waals surface area contributed by atoms with Gasteiger partial charge in [0.1, 0.15) is 0 Å². The predicted octanol–water partition coefficient (Wildman–Crippen LogP) is -0.917. The van der Waals surface area contributed by atoms with Crippen LogP contribution in [0.3, 0.4) is 0 Å². The van der Waals surface area contributed by atoms with Crippen LogP contribution in [0.15, 0.2) is 0 Å². The Bertz CT molecular complexity index is 90.9. The third-order valence-electron chi connectivity index (χ3n) is 1.38. The lowest BCUT2D eigenvalue weighted by molar-refractivity contribution is 0.546. The Hall–Kier alpha value is 0.905. The fourth-order valence-electron chi connectivity index (χ4n) is 0.805. The average molecular weight is 203 g/mol. The van der Waals surface area contributed by atoms with Crippen molar-refractivity contribution in [3.05, 3.63) is 0 Å². The quantitative estimate of drug-likeness (QED) is 0.353. The van der Waals surface area contributed by atoms with Crippen LogP contribution in [-0.4, -0.2) is 50.3 Å². The van der Waals surface area contributed by atoms with Crippen molar-refractivity contribution in [1.82, 2.24) is 12.9 Å². The summed E-state index contributed by atoms with van der Waals surface area (Å²) in [5, 5.41) is 0. The minimum absolute atomic E-state index is 0.490. The molecule has 0 unspecified atom stereocenters. The third-order valence-corrected chi connectivity index (χ3v) is 5.64. The van der Waals surface area contributed by atoms with Crippen molar-refractivity contribution in [2.24, 2.45) is 0 Å². The minimum atomic E-state index is -1.27. The molecule has 0 aliphatic heterocycles. The standard InChI is InChI=1S/3C2H6N.2Al.O.H/c3*1-2-3;;;;/h3*3H,2H2,1H3;;;;/q3*-1;+1;+2;;. The van der Waals surface area contributed by atoms with Crippen molar-refractivity contribution < 1.29 is 2.84 Å². The van der Waals surface area contributed by atoms with Crippen LogP contribution in [0.5, 0.6) is 0 Å². The lowest BCUT2D eigenvalue weighted by Gasteiger charge is -2.12. The summed E-state index contributed by atoms with van der Waals surface area (Å²) in [6, 6.07) is 0. The van der Waals surface area contributed by atoms with Gasteiger partial charge >= 0.3 is 30.7 Å². The smallest absolute Gasteiger partial charge is 0.601 e. The molecule has 0 amide bonds. The van der Waals surface area contributed by atoms with Gasteiger partial charge in [0.05, 0.1) is 0 Å². The molecule has 0 aliphatic rings. The van der Waals surface area contributed by atoms with E-state index in [1.54, 1.807) is 0 Å². The molecule has 0 aliphatic carbocycles. The van der Waals surface area contributed by atoms with E-state index in [2.05, 4.69) is 33.7 Å². The molecule has 4 nitrogen and oxygen atoms in total. The monoisotopic (exact) mass is 203 g/mol. The van der Waals surface area contributed by atoms with Gasteiger partial charge in [0.25, 0.3) is 0 Å². The molecule has 0 spiro atoms. The lowest BCUT2D eigenvalue weighted by Crippen LogP contribution is -2.51. The summed E-state index contributed by atoms with van der Waals surface area (Å²) >= 11 is -1.76. The summed E-state index contributed by atoms with van der Waals surface area (Å²) in [6.45, 7) is 9.32. The van der Waals surface area contributed by atoms with Gasteiger partial charge < -0.3 is 15.7 Å². The Kier molecular flexibility index (Phi) is 10.7. The first-order chi connectivity index (χ1) is 5.85. The molecule has 12 heavy (non-hydrogen) atoms. The van der Waals surface area contributed by atoms with Crippen LogP contribution >= 0.6 is 0 Å². The van der Waals surface area contributed by atoms with E-state index in [-0.39, 0.29) is 0 Å². The van der Waals surface area contributed by atoms with Crippen LogP contribution in [0.2, 0.25) is 0 Å². The molecule has 0 atom stereocenters. The van der Waals surface area contributed by atoms with E-state index in [0.29, 0.717) is 0 Å². The molecule has 0 aromatic rings. The van der Waals surface area contributed by atoms with Crippen LogP contribution in [-0.2, 0) is 2.84 Å². The second-order valence-electron chi connectivity index (χ2n) is 2.41. The van der Waals surface area contributed by atoms with E-state index >= 15 is 0 Å². The van der Waals surface area contributed by atoms with Crippen LogP contribution in [0.1, 0.15) is 20.8 Å². The van der Waals surface area contributed by atoms with E-state index in [4.69, 9.17) is 2.84 Å². The van der Waals surface area contributed by atoms with Gasteiger partial charge in [-0.2, -0.15) is 0 Å². The second-order valence-corrected chi connectivity index (χ2v) is 6.11. The van der Waals surface area contributed by atoms with Gasteiger partial charge in [-0.3, -0.25) is 0 Å². The van der Waals surface area contributed by atoms with Crippen molar-refractivity contribution in [1.29, 1.82) is 0 Å². The molecule has 70 valence electrons. The summed E-state index contributed by atoms with van der Waals surface area (Å²) in [4.78, 5) is 0. The molecule has 0 aromatic carbocycles. The third kappa shape index (κ3) is 7.55. The molecule has 0 heterocycles. The van der Waals surface area contributed by atoms with Gasteiger partial charge in [-0.1, -0.05) is 20.8 Å². The number of hydrogen-bond acceptors (Lipinski definition) is 4. The second kappa shape index (κ2) is 9.99. The van der Waals surface area contributed by atoms with E-state index in [1.807, 2.05) is 0 Å². The highest BCUT2D eigenvalue weighted by Gasteiger charge is 2.20. The van der Waals surface area contributed by atoms with Gasteiger partial charge in [-0.05, 0) is 19.6 Å². The summed E-state index contributed by atoms with van der Waals surface area (Å²) in [5.74, 6) is 0. The maximum absolute atomic E-state index is 5.71. The number of hydrogen-bond donors (Lipinski definition) is 3. The van der Waals surface area contributed by atoms with Gasteiger partial charge in [0, 0.05) is 0 Å². The molecule has 0 aromatic heterocycles. The first-order valence-electron chi connectivity index (χ1n) is 4.64. The zero-order valence-corrected chi connectivity index (χ0v) is 10.9. The SMILES string of the molecule is CC[NH][AlH][O][Al]([NH]CC)[NH]CC. The van der Waals surface area contributed by atoms with Gasteiger partial charge in [-0.25, -0.2) is 0 Å². The Morgan fingerprint density at radius 2 is 1.67 bits per heavy atom. The first kappa shape index (κ1) is 12.9. The molecular formula is C6H19Al2N3O. The van der Waals surface area contributed by atoms with Crippen molar-refractivity contribution in [2.75, 3.05) is 19.6 Å². The minimum Gasteiger partial charge on any atom is -0.601 e. The van der Waals surface area contributed by atoms with Crippen molar-refractivity contribution in [3.8, 4) is 0 Å². The van der Waals surface area contributed by atoms with E-state index in [1.165, 1.54) is 0 Å². The summed E-state index contributed by atoms with van der Waals surface area (Å²) < 4.78 is 15.7.